The lowest BCUT2D eigenvalue weighted by atomic mass is 10.3. The van der Waals surface area contributed by atoms with E-state index in [9.17, 15) is 0 Å². The van der Waals surface area contributed by atoms with Crippen molar-refractivity contribution in [3.63, 3.8) is 0 Å². The number of hydrogen-bond acceptors (Lipinski definition) is 4. The van der Waals surface area contributed by atoms with Crippen molar-refractivity contribution in [3.8, 4) is 5.69 Å². The molecule has 0 bridgehead atoms. The van der Waals surface area contributed by atoms with Gasteiger partial charge in [0.2, 0.25) is 5.28 Å². The standard InChI is InChI=1S/C13H12ClN5/c1-18(2)11-10-12(17-13(14)16-11)19(8-15-10)9-6-4-3-5-7-9/h3-8H,1-2H3. The predicted octanol–water partition coefficient (Wildman–Crippen LogP) is 2.53. The Morgan fingerprint density at radius 3 is 2.53 bits per heavy atom. The molecule has 0 saturated heterocycles. The molecule has 19 heavy (non-hydrogen) atoms. The second-order valence-corrected chi connectivity index (χ2v) is 4.67. The molecule has 0 spiro atoms. The molecule has 96 valence electrons. The van der Waals surface area contributed by atoms with E-state index in [1.54, 1.807) is 6.33 Å². The Hall–Kier alpha value is -2.14. The predicted molar refractivity (Wildman–Crippen MR) is 76.0 cm³/mol. The third-order valence-corrected chi connectivity index (χ3v) is 2.98. The molecule has 2 aromatic heterocycles. The monoisotopic (exact) mass is 273 g/mol. The van der Waals surface area contributed by atoms with Gasteiger partial charge in [0, 0.05) is 19.8 Å². The first kappa shape index (κ1) is 11.9. The van der Waals surface area contributed by atoms with Crippen molar-refractivity contribution in [1.82, 2.24) is 19.5 Å². The molecule has 0 atom stereocenters. The van der Waals surface area contributed by atoms with Gasteiger partial charge in [-0.25, -0.2) is 4.98 Å². The summed E-state index contributed by atoms with van der Waals surface area (Å²) in [6.07, 6.45) is 1.73. The van der Waals surface area contributed by atoms with Crippen molar-refractivity contribution in [3.05, 3.63) is 41.9 Å². The molecule has 0 aliphatic rings. The number of imidazole rings is 1. The topological polar surface area (TPSA) is 46.8 Å². The van der Waals surface area contributed by atoms with Gasteiger partial charge in [0.1, 0.15) is 6.33 Å². The minimum atomic E-state index is 0.217. The van der Waals surface area contributed by atoms with Gasteiger partial charge < -0.3 is 4.90 Å². The number of halogens is 1. The fourth-order valence-corrected chi connectivity index (χ4v) is 2.11. The Bertz CT molecular complexity index is 720. The van der Waals surface area contributed by atoms with Crippen molar-refractivity contribution in [2.75, 3.05) is 19.0 Å². The van der Waals surface area contributed by atoms with Crippen LogP contribution in [0, 0.1) is 0 Å². The fraction of sp³-hybridized carbons (Fsp3) is 0.154. The lowest BCUT2D eigenvalue weighted by molar-refractivity contribution is 1.04. The van der Waals surface area contributed by atoms with E-state index in [4.69, 9.17) is 11.6 Å². The van der Waals surface area contributed by atoms with Crippen LogP contribution in [0.4, 0.5) is 5.82 Å². The van der Waals surface area contributed by atoms with Crippen LogP contribution in [0.5, 0.6) is 0 Å². The van der Waals surface area contributed by atoms with Crippen LogP contribution >= 0.6 is 11.6 Å². The SMILES string of the molecule is CN(C)c1nc(Cl)nc2c1ncn2-c1ccccc1. The molecular weight excluding hydrogens is 262 g/mol. The molecule has 0 N–H and O–H groups in total. The van der Waals surface area contributed by atoms with Gasteiger partial charge in [-0.2, -0.15) is 9.97 Å². The van der Waals surface area contributed by atoms with Crippen LogP contribution in [-0.2, 0) is 0 Å². The van der Waals surface area contributed by atoms with Gasteiger partial charge in [-0.3, -0.25) is 4.57 Å². The molecule has 6 heteroatoms. The lowest BCUT2D eigenvalue weighted by Gasteiger charge is -2.11. The summed E-state index contributed by atoms with van der Waals surface area (Å²) in [7, 11) is 3.80. The van der Waals surface area contributed by atoms with Crippen LogP contribution in [0.1, 0.15) is 0 Å². The third kappa shape index (κ3) is 2.02. The Kier molecular flexibility index (Phi) is 2.83. The Labute approximate surface area is 115 Å². The number of para-hydroxylation sites is 1. The zero-order valence-electron chi connectivity index (χ0n) is 10.6. The van der Waals surface area contributed by atoms with E-state index in [-0.39, 0.29) is 5.28 Å². The summed E-state index contributed by atoms with van der Waals surface area (Å²) in [4.78, 5) is 14.8. The van der Waals surface area contributed by atoms with E-state index in [0.29, 0.717) is 11.5 Å². The Morgan fingerprint density at radius 1 is 1.11 bits per heavy atom. The highest BCUT2D eigenvalue weighted by Crippen LogP contribution is 2.24. The van der Waals surface area contributed by atoms with Crippen LogP contribution in [0.2, 0.25) is 5.28 Å². The summed E-state index contributed by atoms with van der Waals surface area (Å²) >= 11 is 5.99. The molecule has 0 aliphatic heterocycles. The van der Waals surface area contributed by atoms with Crippen molar-refractivity contribution in [2.24, 2.45) is 0 Å². The largest absolute Gasteiger partial charge is 0.361 e. The Morgan fingerprint density at radius 2 is 1.84 bits per heavy atom. The van der Waals surface area contributed by atoms with Crippen LogP contribution in [-0.4, -0.2) is 33.6 Å². The van der Waals surface area contributed by atoms with Crippen LogP contribution in [0.25, 0.3) is 16.9 Å². The van der Waals surface area contributed by atoms with Gasteiger partial charge in [-0.15, -0.1) is 0 Å². The van der Waals surface area contributed by atoms with Crippen molar-refractivity contribution in [1.29, 1.82) is 0 Å². The maximum Gasteiger partial charge on any atom is 0.226 e. The van der Waals surface area contributed by atoms with E-state index < -0.39 is 0 Å². The van der Waals surface area contributed by atoms with Gasteiger partial charge in [-0.1, -0.05) is 18.2 Å². The summed E-state index contributed by atoms with van der Waals surface area (Å²) in [6.45, 7) is 0. The Balaban J connectivity index is 2.29. The first-order chi connectivity index (χ1) is 9.16. The molecule has 2 heterocycles. The van der Waals surface area contributed by atoms with Gasteiger partial charge in [0.05, 0.1) is 0 Å². The number of nitrogens with zero attached hydrogens (tertiary/aromatic N) is 5. The molecule has 0 aliphatic carbocycles. The second-order valence-electron chi connectivity index (χ2n) is 4.33. The van der Waals surface area contributed by atoms with Gasteiger partial charge >= 0.3 is 0 Å². The molecule has 0 amide bonds. The molecule has 5 nitrogen and oxygen atoms in total. The van der Waals surface area contributed by atoms with E-state index in [1.807, 2.05) is 53.9 Å². The number of aromatic nitrogens is 4. The second kappa shape index (κ2) is 4.51. The van der Waals surface area contributed by atoms with E-state index >= 15 is 0 Å². The summed E-state index contributed by atoms with van der Waals surface area (Å²) < 4.78 is 1.90. The maximum atomic E-state index is 5.99. The van der Waals surface area contributed by atoms with Crippen molar-refractivity contribution in [2.45, 2.75) is 0 Å². The van der Waals surface area contributed by atoms with E-state index in [0.717, 1.165) is 11.2 Å². The minimum Gasteiger partial charge on any atom is -0.361 e. The normalized spacial score (nSPS) is 10.9. The number of benzene rings is 1. The third-order valence-electron chi connectivity index (χ3n) is 2.81. The summed E-state index contributed by atoms with van der Waals surface area (Å²) in [6, 6.07) is 9.89. The number of hydrogen-bond donors (Lipinski definition) is 0. The van der Waals surface area contributed by atoms with Crippen LogP contribution < -0.4 is 4.90 Å². The molecule has 0 radical (unpaired) electrons. The summed E-state index contributed by atoms with van der Waals surface area (Å²) in [5.74, 6) is 0.713. The molecular formula is C13H12ClN5. The molecule has 0 saturated carbocycles. The summed E-state index contributed by atoms with van der Waals surface area (Å²) in [5, 5.41) is 0.217. The van der Waals surface area contributed by atoms with Crippen molar-refractivity contribution >= 4 is 28.6 Å². The van der Waals surface area contributed by atoms with Crippen LogP contribution in [0.15, 0.2) is 36.7 Å². The van der Waals surface area contributed by atoms with Crippen LogP contribution in [0.3, 0.4) is 0 Å². The zero-order chi connectivity index (χ0) is 13.4. The highest BCUT2D eigenvalue weighted by atomic mass is 35.5. The zero-order valence-corrected chi connectivity index (χ0v) is 11.3. The maximum absolute atomic E-state index is 5.99. The van der Waals surface area contributed by atoms with Gasteiger partial charge in [0.25, 0.3) is 0 Å². The number of rotatable bonds is 2. The minimum absolute atomic E-state index is 0.217. The summed E-state index contributed by atoms with van der Waals surface area (Å²) in [5.41, 5.74) is 2.43. The molecule has 3 rings (SSSR count). The highest BCUT2D eigenvalue weighted by Gasteiger charge is 2.14. The first-order valence-corrected chi connectivity index (χ1v) is 6.18. The number of fused-ring (bicyclic) bond motifs is 1. The molecule has 1 aromatic carbocycles. The highest BCUT2D eigenvalue weighted by molar-refractivity contribution is 6.28. The smallest absolute Gasteiger partial charge is 0.226 e. The average Bonchev–Trinajstić information content (AvgIpc) is 2.82. The number of anilines is 1. The van der Waals surface area contributed by atoms with E-state index in [1.165, 1.54) is 0 Å². The fourth-order valence-electron chi connectivity index (χ4n) is 1.95. The molecule has 0 fully saturated rings. The van der Waals surface area contributed by atoms with E-state index in [2.05, 4.69) is 15.0 Å². The lowest BCUT2D eigenvalue weighted by Crippen LogP contribution is -2.12. The molecule has 3 aromatic rings. The van der Waals surface area contributed by atoms with Crippen molar-refractivity contribution < 1.29 is 0 Å². The van der Waals surface area contributed by atoms with Gasteiger partial charge in [0.15, 0.2) is 17.0 Å². The first-order valence-electron chi connectivity index (χ1n) is 5.80. The average molecular weight is 274 g/mol. The quantitative estimate of drug-likeness (QED) is 0.673. The van der Waals surface area contributed by atoms with Gasteiger partial charge in [-0.05, 0) is 23.7 Å². The molecule has 0 unspecified atom stereocenters.